The number of carboxylic acids is 2. The second-order valence-corrected chi connectivity index (χ2v) is 7.96. The number of nitrogens with zero attached hydrogens (tertiary/aromatic N) is 1. The second kappa shape index (κ2) is 9.45. The number of aliphatic carboxylic acids is 2. The van der Waals surface area contributed by atoms with Crippen LogP contribution in [0.25, 0.3) is 0 Å². The van der Waals surface area contributed by atoms with Gasteiger partial charge in [0.15, 0.2) is 0 Å². The highest BCUT2D eigenvalue weighted by Gasteiger charge is 2.52. The normalized spacial score (nSPS) is 19.6. The SMILES string of the molecule is CCCCC1=C(C(=O)O)C(CC)(c2ccc(F)cc2)C(C(=O)O)=C(C(C)C)N1CC. The van der Waals surface area contributed by atoms with Crippen molar-refractivity contribution in [2.45, 2.75) is 65.7 Å². The van der Waals surface area contributed by atoms with Gasteiger partial charge in [-0.1, -0.05) is 46.2 Å². The Bertz CT molecular complexity index is 870. The lowest BCUT2D eigenvalue weighted by molar-refractivity contribution is -0.134. The highest BCUT2D eigenvalue weighted by atomic mass is 19.1. The Morgan fingerprint density at radius 3 is 2.00 bits per heavy atom. The number of unbranched alkanes of at least 4 members (excludes halogenated alkanes) is 1. The van der Waals surface area contributed by atoms with Gasteiger partial charge < -0.3 is 15.1 Å². The quantitative estimate of drug-likeness (QED) is 0.568. The number of carboxylic acid groups (broad SMARTS) is 2. The van der Waals surface area contributed by atoms with Crippen molar-refractivity contribution in [2.75, 3.05) is 6.54 Å². The first kappa shape index (κ1) is 23.6. The molecule has 0 spiro atoms. The van der Waals surface area contributed by atoms with E-state index in [1.165, 1.54) is 24.3 Å². The maximum absolute atomic E-state index is 13.7. The maximum Gasteiger partial charge on any atom is 0.334 e. The number of allylic oxidation sites excluding steroid dienone is 2. The monoisotopic (exact) mass is 417 g/mol. The minimum Gasteiger partial charge on any atom is -0.478 e. The van der Waals surface area contributed by atoms with E-state index in [0.717, 1.165) is 12.8 Å². The molecule has 6 heteroatoms. The molecule has 5 nitrogen and oxygen atoms in total. The third-order valence-corrected chi connectivity index (χ3v) is 5.94. The second-order valence-electron chi connectivity index (χ2n) is 7.96. The summed E-state index contributed by atoms with van der Waals surface area (Å²) in [6.45, 7) is 10.1. The van der Waals surface area contributed by atoms with Crippen molar-refractivity contribution < 1.29 is 24.2 Å². The molecule has 2 N–H and O–H groups in total. The Morgan fingerprint density at radius 2 is 1.60 bits per heavy atom. The van der Waals surface area contributed by atoms with Crippen LogP contribution in [-0.4, -0.2) is 33.6 Å². The van der Waals surface area contributed by atoms with Crippen LogP contribution in [0.2, 0.25) is 0 Å². The largest absolute Gasteiger partial charge is 0.478 e. The van der Waals surface area contributed by atoms with E-state index in [4.69, 9.17) is 0 Å². The summed E-state index contributed by atoms with van der Waals surface area (Å²) in [6.07, 6.45) is 2.46. The minimum absolute atomic E-state index is 0.0751. The van der Waals surface area contributed by atoms with Crippen molar-refractivity contribution >= 4 is 11.9 Å². The topological polar surface area (TPSA) is 77.8 Å². The molecule has 30 heavy (non-hydrogen) atoms. The molecule has 1 aromatic carbocycles. The molecule has 0 amide bonds. The van der Waals surface area contributed by atoms with Gasteiger partial charge in [-0.2, -0.15) is 0 Å². The van der Waals surface area contributed by atoms with Gasteiger partial charge in [0.25, 0.3) is 0 Å². The van der Waals surface area contributed by atoms with Gasteiger partial charge in [-0.05, 0) is 49.8 Å². The highest BCUT2D eigenvalue weighted by Crippen LogP contribution is 2.51. The Labute approximate surface area is 177 Å². The number of rotatable bonds is 9. The van der Waals surface area contributed by atoms with E-state index in [2.05, 4.69) is 0 Å². The third-order valence-electron chi connectivity index (χ3n) is 5.94. The van der Waals surface area contributed by atoms with Crippen molar-refractivity contribution in [3.63, 3.8) is 0 Å². The Kier molecular flexibility index (Phi) is 7.45. The van der Waals surface area contributed by atoms with Crippen molar-refractivity contribution in [3.05, 3.63) is 58.2 Å². The third kappa shape index (κ3) is 3.87. The highest BCUT2D eigenvalue weighted by molar-refractivity contribution is 6.00. The molecule has 1 aliphatic rings. The maximum atomic E-state index is 13.7. The van der Waals surface area contributed by atoms with Crippen LogP contribution in [-0.2, 0) is 15.0 Å². The number of hydrogen-bond donors (Lipinski definition) is 2. The van der Waals surface area contributed by atoms with Crippen LogP contribution in [0.4, 0.5) is 4.39 Å². The predicted octanol–water partition coefficient (Wildman–Crippen LogP) is 5.33. The zero-order valence-corrected chi connectivity index (χ0v) is 18.5. The van der Waals surface area contributed by atoms with Gasteiger partial charge in [0, 0.05) is 17.9 Å². The molecule has 1 atom stereocenters. The standard InChI is InChI=1S/C24H32FNO4/c1-6-9-10-18-19(22(27)28)24(7-2,16-11-13-17(25)14-12-16)20(23(29)30)21(15(4)5)26(18)8-3/h11-15H,6-10H2,1-5H3,(H,27,28)(H,29,30). The summed E-state index contributed by atoms with van der Waals surface area (Å²) in [4.78, 5) is 27.2. The summed E-state index contributed by atoms with van der Waals surface area (Å²) in [6, 6.07) is 5.56. The summed E-state index contributed by atoms with van der Waals surface area (Å²) in [5.41, 5.74) is 0.586. The molecule has 164 valence electrons. The van der Waals surface area contributed by atoms with Crippen LogP contribution < -0.4 is 0 Å². The first-order valence-corrected chi connectivity index (χ1v) is 10.7. The number of carbonyl (C=O) groups is 2. The first-order valence-electron chi connectivity index (χ1n) is 10.7. The average molecular weight is 418 g/mol. The van der Waals surface area contributed by atoms with E-state index in [9.17, 15) is 24.2 Å². The van der Waals surface area contributed by atoms with Gasteiger partial charge >= 0.3 is 11.9 Å². The molecule has 2 rings (SSSR count). The van der Waals surface area contributed by atoms with Crippen LogP contribution in [0.3, 0.4) is 0 Å². The van der Waals surface area contributed by atoms with E-state index in [1.807, 2.05) is 32.6 Å². The molecule has 0 aromatic heterocycles. The first-order chi connectivity index (χ1) is 14.2. The van der Waals surface area contributed by atoms with Crippen LogP contribution in [0, 0.1) is 11.7 Å². The zero-order valence-electron chi connectivity index (χ0n) is 18.5. The lowest BCUT2D eigenvalue weighted by atomic mass is 9.62. The van der Waals surface area contributed by atoms with Gasteiger partial charge in [-0.25, -0.2) is 14.0 Å². The van der Waals surface area contributed by atoms with E-state index >= 15 is 0 Å². The van der Waals surface area contributed by atoms with E-state index in [0.29, 0.717) is 29.9 Å². The van der Waals surface area contributed by atoms with Crippen molar-refractivity contribution in [1.82, 2.24) is 4.90 Å². The van der Waals surface area contributed by atoms with Crippen LogP contribution in [0.1, 0.15) is 65.9 Å². The molecule has 0 fully saturated rings. The smallest absolute Gasteiger partial charge is 0.334 e. The molecule has 1 unspecified atom stereocenters. The molecule has 0 aliphatic carbocycles. The van der Waals surface area contributed by atoms with E-state index in [-0.39, 0.29) is 23.5 Å². The number of hydrogen-bond acceptors (Lipinski definition) is 3. The predicted molar refractivity (Wildman–Crippen MR) is 114 cm³/mol. The van der Waals surface area contributed by atoms with Crippen molar-refractivity contribution in [1.29, 1.82) is 0 Å². The van der Waals surface area contributed by atoms with Gasteiger partial charge in [0.05, 0.1) is 16.6 Å². The van der Waals surface area contributed by atoms with Crippen LogP contribution >= 0.6 is 0 Å². The molecule has 0 bridgehead atoms. The lowest BCUT2D eigenvalue weighted by Gasteiger charge is -2.47. The molecule has 1 aliphatic heterocycles. The zero-order chi connectivity index (χ0) is 22.6. The van der Waals surface area contributed by atoms with Gasteiger partial charge in [0.2, 0.25) is 0 Å². The van der Waals surface area contributed by atoms with Crippen LogP contribution in [0.5, 0.6) is 0 Å². The Hall–Kier alpha value is -2.63. The molecule has 0 saturated carbocycles. The lowest BCUT2D eigenvalue weighted by Crippen LogP contribution is -2.47. The fourth-order valence-corrected chi connectivity index (χ4v) is 4.75. The van der Waals surface area contributed by atoms with Crippen molar-refractivity contribution in [3.8, 4) is 0 Å². The van der Waals surface area contributed by atoms with Gasteiger partial charge in [-0.3, -0.25) is 0 Å². The van der Waals surface area contributed by atoms with E-state index < -0.39 is 23.2 Å². The number of benzene rings is 1. The summed E-state index contributed by atoms with van der Waals surface area (Å²) in [5.74, 6) is -2.86. The summed E-state index contributed by atoms with van der Waals surface area (Å²) in [7, 11) is 0. The molecule has 0 radical (unpaired) electrons. The van der Waals surface area contributed by atoms with Gasteiger partial charge in [-0.15, -0.1) is 0 Å². The molecule has 1 aromatic rings. The summed E-state index contributed by atoms with van der Waals surface area (Å²) in [5, 5.41) is 20.7. The number of halogens is 1. The summed E-state index contributed by atoms with van der Waals surface area (Å²) >= 11 is 0. The summed E-state index contributed by atoms with van der Waals surface area (Å²) < 4.78 is 13.7. The molecule has 0 saturated heterocycles. The van der Waals surface area contributed by atoms with E-state index in [1.54, 1.807) is 6.92 Å². The van der Waals surface area contributed by atoms with Crippen LogP contribution in [0.15, 0.2) is 46.8 Å². The minimum atomic E-state index is -1.36. The Balaban J connectivity index is 3.07. The molecular weight excluding hydrogens is 385 g/mol. The Morgan fingerprint density at radius 1 is 1.03 bits per heavy atom. The average Bonchev–Trinajstić information content (AvgIpc) is 2.70. The fraction of sp³-hybridized carbons (Fsp3) is 0.500. The van der Waals surface area contributed by atoms with Crippen molar-refractivity contribution in [2.24, 2.45) is 5.92 Å². The molecular formula is C24H32FNO4. The fourth-order valence-electron chi connectivity index (χ4n) is 4.75. The molecule has 1 heterocycles. The van der Waals surface area contributed by atoms with Gasteiger partial charge in [0.1, 0.15) is 5.82 Å².